The van der Waals surface area contributed by atoms with E-state index in [1.807, 2.05) is 6.92 Å². The molecule has 1 aromatic rings. The minimum atomic E-state index is -0.427. The van der Waals surface area contributed by atoms with Crippen molar-refractivity contribution in [2.24, 2.45) is 11.7 Å². The molecule has 110 valence electrons. The van der Waals surface area contributed by atoms with Crippen LogP contribution in [0.25, 0.3) is 0 Å². The molecule has 2 amide bonds. The Hall–Kier alpha value is -1.36. The molecular weight excluding hydrogens is 272 g/mol. The van der Waals surface area contributed by atoms with Gasteiger partial charge >= 0.3 is 0 Å². The Morgan fingerprint density at radius 2 is 2.15 bits per heavy atom. The Balaban J connectivity index is 2.30. The first-order valence-corrected chi connectivity index (χ1v) is 8.12. The fourth-order valence-corrected chi connectivity index (χ4v) is 4.15. The fourth-order valence-electron chi connectivity index (χ4n) is 2.77. The van der Waals surface area contributed by atoms with E-state index < -0.39 is 5.91 Å². The van der Waals surface area contributed by atoms with Crippen LogP contribution in [-0.4, -0.2) is 11.8 Å². The summed E-state index contributed by atoms with van der Waals surface area (Å²) in [6.45, 7) is 4.15. The molecule has 1 aromatic heterocycles. The van der Waals surface area contributed by atoms with Gasteiger partial charge in [-0.1, -0.05) is 20.3 Å². The van der Waals surface area contributed by atoms with E-state index in [4.69, 9.17) is 5.73 Å². The van der Waals surface area contributed by atoms with Crippen LogP contribution in [0.2, 0.25) is 0 Å². The van der Waals surface area contributed by atoms with Crippen molar-refractivity contribution in [1.82, 2.24) is 0 Å². The zero-order valence-electron chi connectivity index (χ0n) is 12.1. The van der Waals surface area contributed by atoms with E-state index in [0.29, 0.717) is 22.9 Å². The highest BCUT2D eigenvalue weighted by atomic mass is 32.1. The molecule has 5 heteroatoms. The third-order valence-electron chi connectivity index (χ3n) is 3.92. The maximum absolute atomic E-state index is 11.8. The molecule has 0 saturated carbocycles. The lowest BCUT2D eigenvalue weighted by molar-refractivity contribution is -0.116. The number of rotatable bonds is 5. The Labute approximate surface area is 123 Å². The van der Waals surface area contributed by atoms with Gasteiger partial charge in [-0.15, -0.1) is 11.3 Å². The lowest BCUT2D eigenvalue weighted by atomic mass is 9.85. The smallest absolute Gasteiger partial charge is 0.251 e. The number of carbonyl (C=O) groups excluding carboxylic acids is 2. The van der Waals surface area contributed by atoms with Gasteiger partial charge in [-0.05, 0) is 37.2 Å². The summed E-state index contributed by atoms with van der Waals surface area (Å²) in [7, 11) is 0. The maximum atomic E-state index is 11.8. The average molecular weight is 294 g/mol. The van der Waals surface area contributed by atoms with Crippen LogP contribution in [-0.2, 0) is 17.6 Å². The molecule has 0 radical (unpaired) electrons. The summed E-state index contributed by atoms with van der Waals surface area (Å²) in [6, 6.07) is 0. The number of carbonyl (C=O) groups is 2. The molecular formula is C15H22N2O2S. The van der Waals surface area contributed by atoms with Crippen molar-refractivity contribution in [3.63, 3.8) is 0 Å². The molecule has 0 fully saturated rings. The quantitative estimate of drug-likeness (QED) is 0.876. The summed E-state index contributed by atoms with van der Waals surface area (Å²) in [5, 5.41) is 3.51. The minimum Gasteiger partial charge on any atom is -0.365 e. The molecule has 0 aromatic carbocycles. The minimum absolute atomic E-state index is 0.0411. The number of nitrogens with two attached hydrogens (primary N) is 1. The molecule has 1 unspecified atom stereocenters. The normalized spacial score (nSPS) is 17.6. The Bertz CT molecular complexity index is 522. The number of thiophene rings is 1. The van der Waals surface area contributed by atoms with Gasteiger partial charge in [0.1, 0.15) is 5.00 Å². The van der Waals surface area contributed by atoms with Crippen molar-refractivity contribution in [2.75, 3.05) is 5.32 Å². The Kier molecular flexibility index (Phi) is 4.81. The summed E-state index contributed by atoms with van der Waals surface area (Å²) in [6.07, 6.45) is 5.41. The molecule has 1 heterocycles. The molecule has 4 nitrogen and oxygen atoms in total. The van der Waals surface area contributed by atoms with Gasteiger partial charge < -0.3 is 11.1 Å². The van der Waals surface area contributed by atoms with Crippen LogP contribution in [0.5, 0.6) is 0 Å². The number of fused-ring (bicyclic) bond motifs is 1. The topological polar surface area (TPSA) is 72.2 Å². The first-order valence-electron chi connectivity index (χ1n) is 7.30. The van der Waals surface area contributed by atoms with Gasteiger partial charge in [-0.3, -0.25) is 9.59 Å². The van der Waals surface area contributed by atoms with E-state index >= 15 is 0 Å². The van der Waals surface area contributed by atoms with E-state index in [1.165, 1.54) is 16.2 Å². The van der Waals surface area contributed by atoms with Crippen LogP contribution in [0.3, 0.4) is 0 Å². The van der Waals surface area contributed by atoms with E-state index in [0.717, 1.165) is 37.7 Å². The molecule has 0 bridgehead atoms. The number of hydrogen-bond acceptors (Lipinski definition) is 3. The predicted octanol–water partition coefficient (Wildman–Crippen LogP) is 3.10. The molecule has 20 heavy (non-hydrogen) atoms. The standard InChI is InChI=1S/C15H22N2O2S/c1-3-5-12(18)17-15-13(14(16)19)10-7-6-9(4-2)8-11(10)20-15/h9H,3-8H2,1-2H3,(H2,16,19)(H,17,18). The highest BCUT2D eigenvalue weighted by Crippen LogP contribution is 2.40. The van der Waals surface area contributed by atoms with Gasteiger partial charge in [0.05, 0.1) is 5.56 Å². The summed E-state index contributed by atoms with van der Waals surface area (Å²) in [5.41, 5.74) is 7.13. The van der Waals surface area contributed by atoms with Gasteiger partial charge in [-0.2, -0.15) is 0 Å². The summed E-state index contributed by atoms with van der Waals surface area (Å²) >= 11 is 1.53. The van der Waals surface area contributed by atoms with Crippen LogP contribution in [0.4, 0.5) is 5.00 Å². The molecule has 1 atom stereocenters. The van der Waals surface area contributed by atoms with Crippen LogP contribution in [0.1, 0.15) is 60.3 Å². The Morgan fingerprint density at radius 1 is 1.40 bits per heavy atom. The first kappa shape index (κ1) is 15.0. The zero-order chi connectivity index (χ0) is 14.7. The second-order valence-electron chi connectivity index (χ2n) is 5.39. The fraction of sp³-hybridized carbons (Fsp3) is 0.600. The maximum Gasteiger partial charge on any atom is 0.251 e. The predicted molar refractivity (Wildman–Crippen MR) is 82.2 cm³/mol. The monoisotopic (exact) mass is 294 g/mol. The number of primary amides is 1. The molecule has 0 saturated heterocycles. The Morgan fingerprint density at radius 3 is 2.75 bits per heavy atom. The molecule has 0 aliphatic heterocycles. The van der Waals surface area contributed by atoms with Gasteiger partial charge in [0, 0.05) is 11.3 Å². The summed E-state index contributed by atoms with van der Waals surface area (Å²) in [5.74, 6) is 0.214. The molecule has 1 aliphatic rings. The summed E-state index contributed by atoms with van der Waals surface area (Å²) in [4.78, 5) is 24.7. The second-order valence-corrected chi connectivity index (χ2v) is 6.49. The molecule has 2 rings (SSSR count). The van der Waals surface area contributed by atoms with Crippen molar-refractivity contribution >= 4 is 28.2 Å². The van der Waals surface area contributed by atoms with Crippen molar-refractivity contribution in [1.29, 1.82) is 0 Å². The van der Waals surface area contributed by atoms with Crippen molar-refractivity contribution in [2.45, 2.75) is 52.4 Å². The van der Waals surface area contributed by atoms with Crippen molar-refractivity contribution in [3.05, 3.63) is 16.0 Å². The lowest BCUT2D eigenvalue weighted by Gasteiger charge is -2.20. The lowest BCUT2D eigenvalue weighted by Crippen LogP contribution is -2.19. The van der Waals surface area contributed by atoms with E-state index in [1.54, 1.807) is 0 Å². The van der Waals surface area contributed by atoms with Crippen molar-refractivity contribution in [3.8, 4) is 0 Å². The van der Waals surface area contributed by atoms with Gasteiger partial charge in [0.2, 0.25) is 5.91 Å². The van der Waals surface area contributed by atoms with Gasteiger partial charge in [-0.25, -0.2) is 0 Å². The first-order chi connectivity index (χ1) is 9.56. The molecule has 1 aliphatic carbocycles. The SMILES string of the molecule is CCCC(=O)Nc1sc2c(c1C(N)=O)CCC(CC)C2. The number of nitrogens with one attached hydrogen (secondary N) is 1. The van der Waals surface area contributed by atoms with Gasteiger partial charge in [0.25, 0.3) is 5.91 Å². The average Bonchev–Trinajstić information content (AvgIpc) is 2.75. The van der Waals surface area contributed by atoms with Gasteiger partial charge in [0.15, 0.2) is 0 Å². The van der Waals surface area contributed by atoms with Crippen LogP contribution < -0.4 is 11.1 Å². The third-order valence-corrected chi connectivity index (χ3v) is 5.09. The third kappa shape index (κ3) is 3.03. The van der Waals surface area contributed by atoms with E-state index in [-0.39, 0.29) is 5.91 Å². The molecule has 0 spiro atoms. The highest BCUT2D eigenvalue weighted by molar-refractivity contribution is 7.17. The zero-order valence-corrected chi connectivity index (χ0v) is 12.9. The number of hydrogen-bond donors (Lipinski definition) is 2. The largest absolute Gasteiger partial charge is 0.365 e. The van der Waals surface area contributed by atoms with E-state index in [9.17, 15) is 9.59 Å². The highest BCUT2D eigenvalue weighted by Gasteiger charge is 2.27. The second kappa shape index (κ2) is 6.39. The van der Waals surface area contributed by atoms with Crippen molar-refractivity contribution < 1.29 is 9.59 Å². The summed E-state index contributed by atoms with van der Waals surface area (Å²) < 4.78 is 0. The number of amides is 2. The van der Waals surface area contributed by atoms with Crippen LogP contribution in [0, 0.1) is 5.92 Å². The number of anilines is 1. The molecule has 3 N–H and O–H groups in total. The van der Waals surface area contributed by atoms with Crippen LogP contribution >= 0.6 is 11.3 Å². The van der Waals surface area contributed by atoms with E-state index in [2.05, 4.69) is 12.2 Å². The van der Waals surface area contributed by atoms with Crippen LogP contribution in [0.15, 0.2) is 0 Å².